The molecule has 0 aromatic carbocycles. The van der Waals surface area contributed by atoms with Crippen molar-refractivity contribution in [3.05, 3.63) is 48.6 Å². The highest BCUT2D eigenvalue weighted by Crippen LogP contribution is 2.66. The van der Waals surface area contributed by atoms with E-state index >= 15 is 0 Å². The van der Waals surface area contributed by atoms with Crippen molar-refractivity contribution < 1.29 is 0 Å². The summed E-state index contributed by atoms with van der Waals surface area (Å²) < 4.78 is 0. The molecule has 0 N–H and O–H groups in total. The van der Waals surface area contributed by atoms with E-state index in [4.69, 9.17) is 0 Å². The first kappa shape index (κ1) is 29.0. The van der Waals surface area contributed by atoms with Crippen LogP contribution in [0.4, 0.5) is 0 Å². The fourth-order valence-corrected chi connectivity index (χ4v) is 9.58. The van der Waals surface area contributed by atoms with Crippen molar-refractivity contribution in [2.24, 2.45) is 57.7 Å². The van der Waals surface area contributed by atoms with Crippen molar-refractivity contribution >= 4 is 0 Å². The van der Waals surface area contributed by atoms with Gasteiger partial charge in [-0.2, -0.15) is 0 Å². The van der Waals surface area contributed by atoms with E-state index in [1.165, 1.54) is 77.0 Å². The van der Waals surface area contributed by atoms with Gasteiger partial charge >= 0.3 is 0 Å². The number of allylic oxidation sites excluding steroid dienone is 6. The van der Waals surface area contributed by atoms with E-state index in [1.54, 1.807) is 11.1 Å². The number of rotatable bonds is 9. The van der Waals surface area contributed by atoms with Gasteiger partial charge in [0.1, 0.15) is 0 Å². The molecule has 0 amide bonds. The van der Waals surface area contributed by atoms with Crippen LogP contribution in [0, 0.1) is 57.7 Å². The zero-order valence-corrected chi connectivity index (χ0v) is 25.8. The molecule has 0 spiro atoms. The molecule has 0 aromatic heterocycles. The maximum Gasteiger partial charge on any atom is -0.0160 e. The van der Waals surface area contributed by atoms with E-state index in [1.807, 2.05) is 0 Å². The van der Waals surface area contributed by atoms with Gasteiger partial charge in [-0.25, -0.2) is 0 Å². The molecule has 0 radical (unpaired) electrons. The van der Waals surface area contributed by atoms with Crippen LogP contribution < -0.4 is 0 Å². The van der Waals surface area contributed by atoms with Crippen LogP contribution in [0.5, 0.6) is 0 Å². The zero-order valence-electron chi connectivity index (χ0n) is 25.8. The van der Waals surface area contributed by atoms with E-state index in [2.05, 4.69) is 85.9 Å². The molecule has 4 rings (SSSR count). The third-order valence-electron chi connectivity index (χ3n) is 11.7. The van der Waals surface area contributed by atoms with Gasteiger partial charge in [0.2, 0.25) is 0 Å². The Morgan fingerprint density at radius 3 is 1.78 bits per heavy atom. The normalized spacial score (nSPS) is 35.7. The van der Waals surface area contributed by atoms with Crippen LogP contribution in [0.2, 0.25) is 0 Å². The van der Waals surface area contributed by atoms with Crippen molar-refractivity contribution in [3.8, 4) is 0 Å². The molecule has 0 aliphatic heterocycles. The van der Waals surface area contributed by atoms with Crippen molar-refractivity contribution in [3.63, 3.8) is 0 Å². The van der Waals surface area contributed by atoms with Crippen LogP contribution in [0.1, 0.15) is 126 Å². The smallest absolute Gasteiger partial charge is 0.0160 e. The van der Waals surface area contributed by atoms with Crippen LogP contribution in [0.15, 0.2) is 48.6 Å². The lowest BCUT2D eigenvalue weighted by Gasteiger charge is -2.48. The molecule has 0 heterocycles. The second-order valence-corrected chi connectivity index (χ2v) is 15.9. The topological polar surface area (TPSA) is 0 Å². The first-order valence-corrected chi connectivity index (χ1v) is 16.0. The average molecular weight is 505 g/mol. The largest absolute Gasteiger partial charge is 0.103 e. The zero-order chi connectivity index (χ0) is 27.0. The predicted molar refractivity (Wildman–Crippen MR) is 163 cm³/mol. The van der Waals surface area contributed by atoms with E-state index < -0.39 is 0 Å². The molecule has 2 saturated carbocycles. The minimum Gasteiger partial charge on any atom is -0.103 e. The number of hydrogen-bond donors (Lipinski definition) is 0. The Labute approximate surface area is 231 Å². The van der Waals surface area contributed by atoms with Gasteiger partial charge in [0.25, 0.3) is 0 Å². The molecule has 2 fully saturated rings. The third-order valence-corrected chi connectivity index (χ3v) is 11.7. The van der Waals surface area contributed by atoms with E-state index in [0.29, 0.717) is 16.2 Å². The minimum absolute atomic E-state index is 0.302. The quantitative estimate of drug-likeness (QED) is 0.216. The Balaban J connectivity index is 1.75. The SMILES string of the molecule is C=CCCCC1CCC(C(C)(CCC=C)C2C3C=C(C(C)(C)C)CCC3[C@@H]3CCC(C(C)(C)C)=CC23)C1. The summed E-state index contributed by atoms with van der Waals surface area (Å²) in [4.78, 5) is 0. The molecule has 0 bridgehead atoms. The lowest BCUT2D eigenvalue weighted by molar-refractivity contribution is 0.0384. The Morgan fingerprint density at radius 2 is 1.30 bits per heavy atom. The van der Waals surface area contributed by atoms with Crippen molar-refractivity contribution in [2.75, 3.05) is 0 Å². The highest BCUT2D eigenvalue weighted by atomic mass is 14.6. The highest BCUT2D eigenvalue weighted by molar-refractivity contribution is 5.27. The van der Waals surface area contributed by atoms with Gasteiger partial charge in [0.15, 0.2) is 0 Å². The molecule has 0 aromatic rings. The minimum atomic E-state index is 0.302. The second kappa shape index (κ2) is 11.2. The summed E-state index contributed by atoms with van der Waals surface area (Å²) in [6, 6.07) is 0. The average Bonchev–Trinajstić information content (AvgIpc) is 3.44. The van der Waals surface area contributed by atoms with E-state index in [-0.39, 0.29) is 0 Å². The van der Waals surface area contributed by atoms with Gasteiger partial charge in [-0.1, -0.05) is 96.8 Å². The van der Waals surface area contributed by atoms with E-state index in [9.17, 15) is 0 Å². The van der Waals surface area contributed by atoms with Gasteiger partial charge in [-0.3, -0.25) is 0 Å². The first-order chi connectivity index (χ1) is 17.4. The lowest BCUT2D eigenvalue weighted by Crippen LogP contribution is -2.41. The van der Waals surface area contributed by atoms with Crippen LogP contribution in [-0.4, -0.2) is 0 Å². The van der Waals surface area contributed by atoms with Crippen molar-refractivity contribution in [1.82, 2.24) is 0 Å². The molecule has 4 aliphatic carbocycles. The molecule has 8 atom stereocenters. The summed E-state index contributed by atoms with van der Waals surface area (Å²) >= 11 is 0. The van der Waals surface area contributed by atoms with Crippen LogP contribution in [0.25, 0.3) is 0 Å². The van der Waals surface area contributed by atoms with Gasteiger partial charge < -0.3 is 0 Å². The maximum atomic E-state index is 4.20. The van der Waals surface area contributed by atoms with Crippen LogP contribution >= 0.6 is 0 Å². The summed E-state index contributed by atoms with van der Waals surface area (Å²) in [5.74, 6) is 5.91. The molecule has 0 nitrogen and oxygen atoms in total. The molecule has 0 saturated heterocycles. The molecule has 0 heteroatoms. The predicted octanol–water partition coefficient (Wildman–Crippen LogP) is 11.4. The standard InChI is InChI=1S/C37H60/c1-10-12-14-15-26-16-17-29(23-26)37(9,22-13-11-2)34-32-24-27(35(3,4)5)18-20-30(32)31-21-19-28(25-33(31)34)36(6,7)8/h10-11,24-26,29-34H,1-2,12-23H2,3-9H3/t26?,29?,30-,31?,32?,33?,34?,37?/m0/s1. The third kappa shape index (κ3) is 5.94. The highest BCUT2D eigenvalue weighted by Gasteiger charge is 2.58. The Bertz CT molecular complexity index is 823. The molecule has 4 aliphatic rings. The molecule has 37 heavy (non-hydrogen) atoms. The molecular formula is C37H60. The fourth-order valence-electron chi connectivity index (χ4n) is 9.58. The number of unbranched alkanes of at least 4 members (excludes halogenated alkanes) is 1. The lowest BCUT2D eigenvalue weighted by atomic mass is 9.57. The summed E-state index contributed by atoms with van der Waals surface area (Å²) in [5, 5.41) is 0. The van der Waals surface area contributed by atoms with E-state index in [0.717, 1.165) is 41.4 Å². The fraction of sp³-hybridized carbons (Fsp3) is 0.784. The first-order valence-electron chi connectivity index (χ1n) is 16.0. The summed E-state index contributed by atoms with van der Waals surface area (Å²) in [5.41, 5.74) is 4.50. The van der Waals surface area contributed by atoms with Crippen LogP contribution in [0.3, 0.4) is 0 Å². The second-order valence-electron chi connectivity index (χ2n) is 15.9. The number of fused-ring (bicyclic) bond motifs is 3. The summed E-state index contributed by atoms with van der Waals surface area (Å²) in [6.45, 7) is 25.7. The Kier molecular flexibility index (Phi) is 8.78. The monoisotopic (exact) mass is 504 g/mol. The Hall–Kier alpha value is -1.04. The van der Waals surface area contributed by atoms with Gasteiger partial charge in [0.05, 0.1) is 0 Å². The molecule has 7 unspecified atom stereocenters. The van der Waals surface area contributed by atoms with Crippen molar-refractivity contribution in [2.45, 2.75) is 126 Å². The number of hydrogen-bond acceptors (Lipinski definition) is 0. The summed E-state index contributed by atoms with van der Waals surface area (Å²) in [7, 11) is 0. The molecular weight excluding hydrogens is 444 g/mol. The van der Waals surface area contributed by atoms with Gasteiger partial charge in [0, 0.05) is 0 Å². The molecule has 208 valence electrons. The summed E-state index contributed by atoms with van der Waals surface area (Å²) in [6.07, 6.45) is 26.4. The van der Waals surface area contributed by atoms with Crippen LogP contribution in [-0.2, 0) is 0 Å². The Morgan fingerprint density at radius 1 is 0.757 bits per heavy atom. The van der Waals surface area contributed by atoms with Gasteiger partial charge in [-0.05, 0) is 122 Å². The maximum absolute atomic E-state index is 4.20. The van der Waals surface area contributed by atoms with Gasteiger partial charge in [-0.15, -0.1) is 13.2 Å². The van der Waals surface area contributed by atoms with Crippen molar-refractivity contribution in [1.29, 1.82) is 0 Å².